The molecule has 0 aliphatic carbocycles. The van der Waals surface area contributed by atoms with Gasteiger partial charge < -0.3 is 22.5 Å². The van der Waals surface area contributed by atoms with Crippen molar-refractivity contribution in [1.29, 1.82) is 0 Å². The fourth-order valence-corrected chi connectivity index (χ4v) is 3.35. The molecule has 0 saturated carbocycles. The Labute approximate surface area is 122 Å². The highest BCUT2D eigenvalue weighted by atomic mass is 35.5. The van der Waals surface area contributed by atoms with Gasteiger partial charge >= 0.3 is 0 Å². The lowest BCUT2D eigenvalue weighted by Crippen LogP contribution is -3.00. The number of hydrogen-bond donors (Lipinski definition) is 1. The molecule has 0 aromatic heterocycles. The van der Waals surface area contributed by atoms with E-state index in [0.29, 0.717) is 0 Å². The number of ether oxygens (including phenoxy) is 1. The Morgan fingerprint density at radius 1 is 1.26 bits per heavy atom. The van der Waals surface area contributed by atoms with Crippen LogP contribution in [0.15, 0.2) is 18.2 Å². The van der Waals surface area contributed by atoms with Crippen LogP contribution in [0.2, 0.25) is 0 Å². The van der Waals surface area contributed by atoms with E-state index >= 15 is 0 Å². The smallest absolute Gasteiger partial charge is 0.0883 e. The summed E-state index contributed by atoms with van der Waals surface area (Å²) in [5, 5.41) is 2.44. The van der Waals surface area contributed by atoms with Gasteiger partial charge in [-0.25, -0.2) is 0 Å². The van der Waals surface area contributed by atoms with Crippen LogP contribution in [-0.2, 0) is 23.4 Å². The molecular weight excluding hydrogens is 258 g/mol. The zero-order chi connectivity index (χ0) is 12.6. The summed E-state index contributed by atoms with van der Waals surface area (Å²) >= 11 is 0. The van der Waals surface area contributed by atoms with Gasteiger partial charge in [-0.15, -0.1) is 0 Å². The molecule has 0 bridgehead atoms. The minimum Gasteiger partial charge on any atom is -1.00 e. The van der Waals surface area contributed by atoms with Crippen molar-refractivity contribution in [2.24, 2.45) is 5.92 Å². The normalized spacial score (nSPS) is 21.8. The van der Waals surface area contributed by atoms with Gasteiger partial charge in [0.2, 0.25) is 0 Å². The topological polar surface area (TPSA) is 25.8 Å². The quantitative estimate of drug-likeness (QED) is 0.737. The lowest BCUT2D eigenvalue weighted by Gasteiger charge is -2.21. The fourth-order valence-electron chi connectivity index (χ4n) is 3.35. The van der Waals surface area contributed by atoms with E-state index in [1.807, 2.05) is 0 Å². The number of rotatable bonds is 2. The van der Waals surface area contributed by atoms with Crippen LogP contribution in [0, 0.1) is 5.92 Å². The fraction of sp³-hybridized carbons (Fsp3) is 0.625. The average Bonchev–Trinajstić information content (AvgIpc) is 2.66. The molecule has 1 aromatic rings. The van der Waals surface area contributed by atoms with Gasteiger partial charge in [0.15, 0.2) is 0 Å². The maximum absolute atomic E-state index is 5.85. The Morgan fingerprint density at radius 3 is 2.74 bits per heavy atom. The number of fused-ring (bicyclic) bond motifs is 1. The second-order valence-corrected chi connectivity index (χ2v) is 6.30. The third-order valence-corrected chi connectivity index (χ3v) is 4.49. The highest BCUT2D eigenvalue weighted by molar-refractivity contribution is 5.38. The number of hydrogen-bond acceptors (Lipinski definition) is 1. The minimum atomic E-state index is -0.0896. The van der Waals surface area contributed by atoms with Gasteiger partial charge in [0.1, 0.15) is 0 Å². The van der Waals surface area contributed by atoms with E-state index in [4.69, 9.17) is 4.74 Å². The summed E-state index contributed by atoms with van der Waals surface area (Å²) in [6.07, 6.45) is 4.00. The van der Waals surface area contributed by atoms with Gasteiger partial charge in [0.05, 0.1) is 25.3 Å². The van der Waals surface area contributed by atoms with Crippen molar-refractivity contribution in [2.45, 2.75) is 45.3 Å². The lowest BCUT2D eigenvalue weighted by molar-refractivity contribution is -0.664. The van der Waals surface area contributed by atoms with E-state index in [1.54, 1.807) is 0 Å². The molecule has 3 rings (SSSR count). The zero-order valence-electron chi connectivity index (χ0n) is 11.9. The standard InChI is InChI=1S/C16H23NO.ClH/c1-16(2)15-4-3-13(10-14(15)11-18-16)9-12-5-7-17-8-6-12;/h3-4,10,12,17H,5-9,11H2,1-2H3;1H. The molecule has 19 heavy (non-hydrogen) atoms. The number of nitrogens with two attached hydrogens (primary N) is 1. The van der Waals surface area contributed by atoms with Crippen LogP contribution >= 0.6 is 0 Å². The van der Waals surface area contributed by atoms with Crippen LogP contribution in [-0.4, -0.2) is 13.1 Å². The summed E-state index contributed by atoms with van der Waals surface area (Å²) in [5.74, 6) is 0.892. The van der Waals surface area contributed by atoms with Crippen molar-refractivity contribution < 1.29 is 22.5 Å². The third-order valence-electron chi connectivity index (χ3n) is 4.49. The van der Waals surface area contributed by atoms with E-state index in [1.165, 1.54) is 49.0 Å². The van der Waals surface area contributed by atoms with Crippen molar-refractivity contribution in [3.8, 4) is 0 Å². The van der Waals surface area contributed by atoms with E-state index in [9.17, 15) is 0 Å². The van der Waals surface area contributed by atoms with Crippen LogP contribution in [0.1, 0.15) is 43.4 Å². The van der Waals surface area contributed by atoms with Gasteiger partial charge in [-0.2, -0.15) is 0 Å². The monoisotopic (exact) mass is 281 g/mol. The van der Waals surface area contributed by atoms with Gasteiger partial charge in [0, 0.05) is 0 Å². The molecule has 0 unspecified atom stereocenters. The molecule has 2 heterocycles. The summed E-state index contributed by atoms with van der Waals surface area (Å²) in [4.78, 5) is 0. The molecule has 106 valence electrons. The summed E-state index contributed by atoms with van der Waals surface area (Å²) in [5.41, 5.74) is 4.19. The van der Waals surface area contributed by atoms with E-state index in [2.05, 4.69) is 37.4 Å². The number of piperidine rings is 1. The summed E-state index contributed by atoms with van der Waals surface area (Å²) in [7, 11) is 0. The van der Waals surface area contributed by atoms with Crippen molar-refractivity contribution in [3.63, 3.8) is 0 Å². The van der Waals surface area contributed by atoms with Crippen molar-refractivity contribution in [3.05, 3.63) is 34.9 Å². The summed E-state index contributed by atoms with van der Waals surface area (Å²) in [6, 6.07) is 6.97. The highest BCUT2D eigenvalue weighted by Crippen LogP contribution is 2.36. The molecular formula is C16H24ClNO. The second kappa shape index (κ2) is 5.82. The first kappa shape index (κ1) is 14.8. The SMILES string of the molecule is CC1(C)OCc2cc(CC3CC[NH2+]CC3)ccc21.[Cl-]. The Kier molecular flexibility index (Phi) is 4.54. The van der Waals surface area contributed by atoms with Gasteiger partial charge in [0.25, 0.3) is 0 Å². The first-order valence-electron chi connectivity index (χ1n) is 7.23. The van der Waals surface area contributed by atoms with Crippen LogP contribution in [0.5, 0.6) is 0 Å². The Bertz CT molecular complexity index is 438. The van der Waals surface area contributed by atoms with Crippen LogP contribution < -0.4 is 17.7 Å². The first-order valence-corrected chi connectivity index (χ1v) is 7.23. The predicted octanol–water partition coefficient (Wildman–Crippen LogP) is -1.03. The molecule has 2 aliphatic rings. The molecule has 2 N–H and O–H groups in total. The molecule has 0 atom stereocenters. The molecule has 1 aromatic carbocycles. The van der Waals surface area contributed by atoms with E-state index < -0.39 is 0 Å². The molecule has 3 heteroatoms. The van der Waals surface area contributed by atoms with Gasteiger partial charge in [-0.3, -0.25) is 0 Å². The van der Waals surface area contributed by atoms with Crippen molar-refractivity contribution in [2.75, 3.05) is 13.1 Å². The maximum Gasteiger partial charge on any atom is 0.0883 e. The Hall–Kier alpha value is -0.570. The molecule has 2 nitrogen and oxygen atoms in total. The highest BCUT2D eigenvalue weighted by Gasteiger charge is 2.30. The molecule has 0 radical (unpaired) electrons. The van der Waals surface area contributed by atoms with Gasteiger partial charge in [-0.1, -0.05) is 18.2 Å². The molecule has 0 amide bonds. The Balaban J connectivity index is 0.00000133. The number of halogens is 1. The summed E-state index contributed by atoms with van der Waals surface area (Å²) in [6.45, 7) is 7.73. The second-order valence-electron chi connectivity index (χ2n) is 6.30. The molecule has 0 spiro atoms. The van der Waals surface area contributed by atoms with Gasteiger partial charge in [-0.05, 0) is 55.7 Å². The first-order chi connectivity index (χ1) is 8.65. The van der Waals surface area contributed by atoms with E-state index in [-0.39, 0.29) is 18.0 Å². The van der Waals surface area contributed by atoms with E-state index in [0.717, 1.165) is 12.5 Å². The van der Waals surface area contributed by atoms with Crippen molar-refractivity contribution in [1.82, 2.24) is 0 Å². The maximum atomic E-state index is 5.85. The summed E-state index contributed by atoms with van der Waals surface area (Å²) < 4.78 is 5.85. The van der Waals surface area contributed by atoms with Crippen LogP contribution in [0.4, 0.5) is 0 Å². The largest absolute Gasteiger partial charge is 1.00 e. The lowest BCUT2D eigenvalue weighted by atomic mass is 9.88. The van der Waals surface area contributed by atoms with Crippen LogP contribution in [0.3, 0.4) is 0 Å². The zero-order valence-corrected chi connectivity index (χ0v) is 12.7. The van der Waals surface area contributed by atoms with Crippen molar-refractivity contribution >= 4 is 0 Å². The third kappa shape index (κ3) is 3.13. The average molecular weight is 282 g/mol. The van der Waals surface area contributed by atoms with Crippen LogP contribution in [0.25, 0.3) is 0 Å². The number of benzene rings is 1. The number of quaternary nitrogens is 1. The predicted molar refractivity (Wildman–Crippen MR) is 72.3 cm³/mol. The molecule has 1 saturated heterocycles. The minimum absolute atomic E-state index is 0. The molecule has 1 fully saturated rings. The Morgan fingerprint density at radius 2 is 2.00 bits per heavy atom. The molecule has 2 aliphatic heterocycles.